The van der Waals surface area contributed by atoms with E-state index >= 15 is 0 Å². The molecule has 134 valence electrons. The fourth-order valence-electron chi connectivity index (χ4n) is 2.29. The van der Waals surface area contributed by atoms with Crippen molar-refractivity contribution in [2.24, 2.45) is 5.14 Å². The van der Waals surface area contributed by atoms with Crippen molar-refractivity contribution in [2.45, 2.75) is 25.2 Å². The lowest BCUT2D eigenvalue weighted by atomic mass is 10.1. The molecule has 6 nitrogen and oxygen atoms in total. The molecule has 7 heteroatoms. The number of amides is 1. The van der Waals surface area contributed by atoms with Crippen LogP contribution >= 0.6 is 0 Å². The summed E-state index contributed by atoms with van der Waals surface area (Å²) in [5, 5.41) is 11.0. The first-order valence-corrected chi connectivity index (χ1v) is 9.50. The summed E-state index contributed by atoms with van der Waals surface area (Å²) in [5.41, 5.74) is 4.23. The molecule has 0 atom stereocenters. The van der Waals surface area contributed by atoms with Crippen LogP contribution in [0.3, 0.4) is 0 Å². The Morgan fingerprint density at radius 2 is 1.72 bits per heavy atom. The Morgan fingerprint density at radius 3 is 2.32 bits per heavy atom. The van der Waals surface area contributed by atoms with Gasteiger partial charge in [0.15, 0.2) is 0 Å². The van der Waals surface area contributed by atoms with Crippen LogP contribution in [0.2, 0.25) is 0 Å². The van der Waals surface area contributed by atoms with Gasteiger partial charge in [-0.3, -0.25) is 4.79 Å². The minimum atomic E-state index is -3.67. The van der Waals surface area contributed by atoms with E-state index in [1.54, 1.807) is 12.1 Å². The summed E-state index contributed by atoms with van der Waals surface area (Å²) >= 11 is 0. The maximum Gasteiger partial charge on any atom is 0.239 e. The second-order valence-corrected chi connectivity index (χ2v) is 7.50. The van der Waals surface area contributed by atoms with Crippen LogP contribution in [0.4, 0.5) is 5.69 Å². The molecule has 0 heterocycles. The van der Waals surface area contributed by atoms with Gasteiger partial charge in [-0.15, -0.1) is 0 Å². The zero-order valence-electron chi connectivity index (χ0n) is 14.4. The highest BCUT2D eigenvalue weighted by atomic mass is 32.2. The highest BCUT2D eigenvalue weighted by Crippen LogP contribution is 2.13. The van der Waals surface area contributed by atoms with Crippen LogP contribution in [0.1, 0.15) is 16.7 Å². The van der Waals surface area contributed by atoms with Crippen molar-refractivity contribution in [3.63, 3.8) is 0 Å². The van der Waals surface area contributed by atoms with Gasteiger partial charge in [0.1, 0.15) is 0 Å². The van der Waals surface area contributed by atoms with Crippen LogP contribution in [0.25, 0.3) is 0 Å². The van der Waals surface area contributed by atoms with E-state index in [-0.39, 0.29) is 17.3 Å². The highest BCUT2D eigenvalue weighted by Gasteiger charge is 2.07. The highest BCUT2D eigenvalue weighted by molar-refractivity contribution is 7.89. The van der Waals surface area contributed by atoms with Gasteiger partial charge in [0.25, 0.3) is 0 Å². The molecule has 0 aliphatic rings. The third-order valence-corrected chi connectivity index (χ3v) is 4.88. The Balaban J connectivity index is 1.75. The number of sulfonamides is 1. The second-order valence-electron chi connectivity index (χ2n) is 5.94. The molecule has 0 aliphatic heterocycles. The maximum atomic E-state index is 11.9. The number of hydrogen-bond acceptors (Lipinski definition) is 4. The number of carbonyl (C=O) groups excluding carboxylic acids is 1. The molecule has 0 saturated carbocycles. The lowest BCUT2D eigenvalue weighted by Gasteiger charge is -2.09. The summed E-state index contributed by atoms with van der Waals surface area (Å²) in [6, 6.07) is 12.3. The standard InChI is InChI=1S/C18H23N3O3S/c1-13-3-6-16(11-14(13)2)21-12-18(22)20-10-9-15-4-7-17(8-5-15)25(19,23)24/h3-8,11,21H,9-10,12H2,1-2H3,(H,20,22)(H2,19,23,24). The van der Waals surface area contributed by atoms with Gasteiger partial charge in [-0.05, 0) is 61.2 Å². The first-order valence-electron chi connectivity index (χ1n) is 7.95. The van der Waals surface area contributed by atoms with Crippen molar-refractivity contribution < 1.29 is 13.2 Å². The number of nitrogens with one attached hydrogen (secondary N) is 2. The van der Waals surface area contributed by atoms with Gasteiger partial charge in [0.2, 0.25) is 15.9 Å². The summed E-state index contributed by atoms with van der Waals surface area (Å²) in [5.74, 6) is -0.0978. The van der Waals surface area contributed by atoms with Gasteiger partial charge in [-0.2, -0.15) is 0 Å². The van der Waals surface area contributed by atoms with Gasteiger partial charge < -0.3 is 10.6 Å². The minimum Gasteiger partial charge on any atom is -0.376 e. The molecule has 25 heavy (non-hydrogen) atoms. The molecular formula is C18H23N3O3S. The molecule has 0 radical (unpaired) electrons. The monoisotopic (exact) mass is 361 g/mol. The lowest BCUT2D eigenvalue weighted by molar-refractivity contribution is -0.119. The van der Waals surface area contributed by atoms with Crippen molar-refractivity contribution in [1.82, 2.24) is 5.32 Å². The average Bonchev–Trinajstić information content (AvgIpc) is 2.55. The molecule has 2 aromatic rings. The number of benzene rings is 2. The van der Waals surface area contributed by atoms with E-state index in [0.29, 0.717) is 13.0 Å². The third-order valence-electron chi connectivity index (χ3n) is 3.95. The number of aryl methyl sites for hydroxylation is 2. The Labute approximate surface area is 148 Å². The molecule has 0 saturated heterocycles. The minimum absolute atomic E-state index is 0.0814. The molecule has 0 fully saturated rings. The Kier molecular flexibility index (Phi) is 6.17. The van der Waals surface area contributed by atoms with Gasteiger partial charge in [-0.1, -0.05) is 18.2 Å². The average molecular weight is 361 g/mol. The topological polar surface area (TPSA) is 101 Å². The fourth-order valence-corrected chi connectivity index (χ4v) is 2.80. The Morgan fingerprint density at radius 1 is 1.04 bits per heavy atom. The predicted molar refractivity (Wildman–Crippen MR) is 98.9 cm³/mol. The number of rotatable bonds is 7. The molecular weight excluding hydrogens is 338 g/mol. The normalized spacial score (nSPS) is 11.2. The predicted octanol–water partition coefficient (Wildman–Crippen LogP) is 1.72. The SMILES string of the molecule is Cc1ccc(NCC(=O)NCCc2ccc(S(N)(=O)=O)cc2)cc1C. The van der Waals surface area contributed by atoms with Crippen molar-refractivity contribution in [2.75, 3.05) is 18.4 Å². The molecule has 2 aromatic carbocycles. The quantitative estimate of drug-likeness (QED) is 0.699. The summed E-state index contributed by atoms with van der Waals surface area (Å²) in [6.07, 6.45) is 0.611. The molecule has 0 unspecified atom stereocenters. The van der Waals surface area contributed by atoms with E-state index in [0.717, 1.165) is 11.3 Å². The van der Waals surface area contributed by atoms with Crippen LogP contribution in [0, 0.1) is 13.8 Å². The van der Waals surface area contributed by atoms with Crippen molar-refractivity contribution in [1.29, 1.82) is 0 Å². The zero-order chi connectivity index (χ0) is 18.4. The van der Waals surface area contributed by atoms with Crippen LogP contribution < -0.4 is 15.8 Å². The van der Waals surface area contributed by atoms with Crippen LogP contribution in [-0.2, 0) is 21.2 Å². The fraction of sp³-hybridized carbons (Fsp3) is 0.278. The van der Waals surface area contributed by atoms with E-state index in [1.165, 1.54) is 23.3 Å². The zero-order valence-corrected chi connectivity index (χ0v) is 15.2. The first-order chi connectivity index (χ1) is 11.8. The van der Waals surface area contributed by atoms with E-state index in [2.05, 4.69) is 10.6 Å². The summed E-state index contributed by atoms with van der Waals surface area (Å²) in [7, 11) is -3.67. The van der Waals surface area contributed by atoms with Gasteiger partial charge in [0.05, 0.1) is 11.4 Å². The van der Waals surface area contributed by atoms with Crippen LogP contribution in [0.5, 0.6) is 0 Å². The second kappa shape index (κ2) is 8.13. The number of carbonyl (C=O) groups is 1. The molecule has 0 bridgehead atoms. The molecule has 2 rings (SSSR count). The smallest absolute Gasteiger partial charge is 0.239 e. The number of anilines is 1. The van der Waals surface area contributed by atoms with Gasteiger partial charge >= 0.3 is 0 Å². The Hall–Kier alpha value is -2.38. The van der Waals surface area contributed by atoms with E-state index in [4.69, 9.17) is 5.14 Å². The maximum absolute atomic E-state index is 11.9. The number of hydrogen-bond donors (Lipinski definition) is 3. The van der Waals surface area contributed by atoms with Crippen molar-refractivity contribution in [3.05, 3.63) is 59.2 Å². The van der Waals surface area contributed by atoms with Crippen LogP contribution in [0.15, 0.2) is 47.4 Å². The molecule has 0 spiro atoms. The van der Waals surface area contributed by atoms with Crippen LogP contribution in [-0.4, -0.2) is 27.4 Å². The summed E-state index contributed by atoms with van der Waals surface area (Å²) in [4.78, 5) is 12.0. The van der Waals surface area contributed by atoms with E-state index in [9.17, 15) is 13.2 Å². The van der Waals surface area contributed by atoms with Crippen molar-refractivity contribution >= 4 is 21.6 Å². The number of primary sulfonamides is 1. The van der Waals surface area contributed by atoms with Gasteiger partial charge in [0, 0.05) is 12.2 Å². The Bertz CT molecular complexity index is 846. The molecule has 0 aliphatic carbocycles. The largest absolute Gasteiger partial charge is 0.376 e. The molecule has 4 N–H and O–H groups in total. The summed E-state index contributed by atoms with van der Waals surface area (Å²) in [6.45, 7) is 4.75. The summed E-state index contributed by atoms with van der Waals surface area (Å²) < 4.78 is 22.4. The van der Waals surface area contributed by atoms with Crippen molar-refractivity contribution in [3.8, 4) is 0 Å². The molecule has 1 amide bonds. The van der Waals surface area contributed by atoms with Gasteiger partial charge in [-0.25, -0.2) is 13.6 Å². The third kappa shape index (κ3) is 5.88. The van der Waals surface area contributed by atoms with E-state index < -0.39 is 10.0 Å². The lowest BCUT2D eigenvalue weighted by Crippen LogP contribution is -2.31. The first kappa shape index (κ1) is 19.0. The molecule has 0 aromatic heterocycles. The number of nitrogens with two attached hydrogens (primary N) is 1. The van der Waals surface area contributed by atoms with E-state index in [1.807, 2.05) is 32.0 Å².